The van der Waals surface area contributed by atoms with Crippen LogP contribution in [0.1, 0.15) is 95.4 Å². The van der Waals surface area contributed by atoms with Crippen LogP contribution in [0.5, 0.6) is 0 Å². The summed E-state index contributed by atoms with van der Waals surface area (Å²) in [5.41, 5.74) is 6.06. The summed E-state index contributed by atoms with van der Waals surface area (Å²) in [4.78, 5) is 47.8. The summed E-state index contributed by atoms with van der Waals surface area (Å²) in [5, 5.41) is 16.7. The molecule has 3 aromatic rings. The van der Waals surface area contributed by atoms with Gasteiger partial charge in [0, 0.05) is 48.3 Å². The monoisotopic (exact) mass is 651 g/mol. The molecule has 3 heterocycles. The number of likely N-dealkylation sites (N-methyl/N-ethyl adjacent to an activating group) is 1. The first-order chi connectivity index (χ1) is 23.1. The fraction of sp³-hybridized carbons (Fsp3) is 0.538. The Bertz CT molecular complexity index is 1690. The first kappa shape index (κ1) is 32.7. The predicted molar refractivity (Wildman–Crippen MR) is 186 cm³/mol. The van der Waals surface area contributed by atoms with Gasteiger partial charge in [0.2, 0.25) is 0 Å². The maximum atomic E-state index is 13.9. The fourth-order valence-corrected chi connectivity index (χ4v) is 8.17. The molecule has 4 aliphatic rings. The molecule has 0 radical (unpaired) electrons. The second-order valence-corrected chi connectivity index (χ2v) is 15.3. The molecule has 9 heteroatoms. The minimum atomic E-state index is -0.731. The zero-order valence-electron chi connectivity index (χ0n) is 28.3. The van der Waals surface area contributed by atoms with Gasteiger partial charge in [-0.3, -0.25) is 19.4 Å². The van der Waals surface area contributed by atoms with Crippen molar-refractivity contribution >= 4 is 28.7 Å². The zero-order chi connectivity index (χ0) is 33.4. The number of aryl methyl sites for hydroxylation is 1. The van der Waals surface area contributed by atoms with Gasteiger partial charge in [0.1, 0.15) is 0 Å². The molecular weight excluding hydrogens is 602 g/mol. The Morgan fingerprint density at radius 3 is 2.50 bits per heavy atom. The van der Waals surface area contributed by atoms with Crippen molar-refractivity contribution in [1.82, 2.24) is 25.4 Å². The van der Waals surface area contributed by atoms with Crippen molar-refractivity contribution in [2.75, 3.05) is 39.8 Å². The molecule has 0 bridgehead atoms. The van der Waals surface area contributed by atoms with E-state index in [-0.39, 0.29) is 36.2 Å². The molecule has 2 aliphatic carbocycles. The zero-order valence-corrected chi connectivity index (χ0v) is 28.3. The van der Waals surface area contributed by atoms with Crippen molar-refractivity contribution in [1.29, 1.82) is 0 Å². The molecule has 0 spiro atoms. The number of nitrogens with zero attached hydrogens (tertiary/aromatic N) is 3. The van der Waals surface area contributed by atoms with Crippen LogP contribution in [0.15, 0.2) is 48.5 Å². The molecular formula is C39H49N5O4. The van der Waals surface area contributed by atoms with E-state index in [0.717, 1.165) is 74.9 Å². The van der Waals surface area contributed by atoms with E-state index in [4.69, 9.17) is 4.98 Å². The number of rotatable bonds is 11. The van der Waals surface area contributed by atoms with Crippen molar-refractivity contribution in [2.45, 2.75) is 76.8 Å². The van der Waals surface area contributed by atoms with Gasteiger partial charge in [-0.2, -0.15) is 0 Å². The quantitative estimate of drug-likeness (QED) is 0.260. The normalized spacial score (nSPS) is 22.0. The summed E-state index contributed by atoms with van der Waals surface area (Å²) in [6.07, 6.45) is 8.60. The molecule has 3 N–H and O–H groups in total. The average molecular weight is 652 g/mol. The second-order valence-electron chi connectivity index (χ2n) is 15.3. The van der Waals surface area contributed by atoms with E-state index in [1.165, 1.54) is 30.5 Å². The van der Waals surface area contributed by atoms with E-state index in [1.54, 1.807) is 0 Å². The Morgan fingerprint density at radius 1 is 1.00 bits per heavy atom. The van der Waals surface area contributed by atoms with Crippen molar-refractivity contribution < 1.29 is 19.5 Å². The number of carbonyl (C=O) groups excluding carboxylic acids is 2. The van der Waals surface area contributed by atoms with E-state index >= 15 is 0 Å². The van der Waals surface area contributed by atoms with E-state index < -0.39 is 5.97 Å². The Morgan fingerprint density at radius 2 is 1.77 bits per heavy atom. The van der Waals surface area contributed by atoms with Gasteiger partial charge in [0.25, 0.3) is 11.8 Å². The lowest BCUT2D eigenvalue weighted by Crippen LogP contribution is -2.57. The number of amides is 2. The van der Waals surface area contributed by atoms with Crippen LogP contribution in [0.3, 0.4) is 0 Å². The van der Waals surface area contributed by atoms with Gasteiger partial charge in [0.15, 0.2) is 0 Å². The van der Waals surface area contributed by atoms with Gasteiger partial charge in [0.05, 0.1) is 17.6 Å². The van der Waals surface area contributed by atoms with Crippen molar-refractivity contribution in [3.63, 3.8) is 0 Å². The summed E-state index contributed by atoms with van der Waals surface area (Å²) >= 11 is 0. The summed E-state index contributed by atoms with van der Waals surface area (Å²) in [7, 11) is 2.04. The number of aromatic nitrogens is 1. The molecule has 1 aromatic heterocycles. The minimum absolute atomic E-state index is 0.0937. The van der Waals surface area contributed by atoms with Gasteiger partial charge in [-0.15, -0.1) is 0 Å². The highest BCUT2D eigenvalue weighted by atomic mass is 16.4. The first-order valence-corrected chi connectivity index (χ1v) is 17.9. The SMILES string of the molecule is CN1CC(NC(=O)c2cccc([C@@H](CCN3CCC(CC(=O)O)CC3)NC(=O)c3ccc4nc5c(cc4c3)C[C@@H](C3(C)CC3)CC5)c2)C1. The van der Waals surface area contributed by atoms with Crippen LogP contribution in [0.25, 0.3) is 10.9 Å². The number of pyridine rings is 1. The molecule has 2 aliphatic heterocycles. The molecule has 2 aromatic carbocycles. The number of likely N-dealkylation sites (tertiary alicyclic amines) is 2. The van der Waals surface area contributed by atoms with Gasteiger partial charge in [-0.1, -0.05) is 19.1 Å². The first-order valence-electron chi connectivity index (χ1n) is 17.9. The van der Waals surface area contributed by atoms with Crippen LogP contribution < -0.4 is 10.6 Å². The third-order valence-electron chi connectivity index (χ3n) is 11.6. The second kappa shape index (κ2) is 13.6. The van der Waals surface area contributed by atoms with Crippen LogP contribution >= 0.6 is 0 Å². The molecule has 0 unspecified atom stereocenters. The van der Waals surface area contributed by atoms with Crippen molar-refractivity contribution in [3.05, 3.63) is 76.5 Å². The number of piperidine rings is 1. The van der Waals surface area contributed by atoms with E-state index in [9.17, 15) is 19.5 Å². The number of carbonyl (C=O) groups is 3. The van der Waals surface area contributed by atoms with Crippen LogP contribution in [-0.4, -0.2) is 83.5 Å². The maximum Gasteiger partial charge on any atom is 0.303 e. The minimum Gasteiger partial charge on any atom is -0.481 e. The van der Waals surface area contributed by atoms with Gasteiger partial charge < -0.3 is 25.5 Å². The number of benzene rings is 2. The third-order valence-corrected chi connectivity index (χ3v) is 11.6. The average Bonchev–Trinajstić information content (AvgIpc) is 3.83. The Kier molecular flexibility index (Phi) is 9.26. The molecule has 2 amide bonds. The summed E-state index contributed by atoms with van der Waals surface area (Å²) < 4.78 is 0. The number of fused-ring (bicyclic) bond motifs is 2. The molecule has 254 valence electrons. The number of nitrogens with one attached hydrogen (secondary N) is 2. The van der Waals surface area contributed by atoms with Gasteiger partial charge >= 0.3 is 5.97 Å². The lowest BCUT2D eigenvalue weighted by molar-refractivity contribution is -0.138. The molecule has 9 nitrogen and oxygen atoms in total. The van der Waals surface area contributed by atoms with Gasteiger partial charge in [-0.05, 0) is 136 Å². The highest BCUT2D eigenvalue weighted by Gasteiger charge is 2.45. The molecule has 1 saturated carbocycles. The molecule has 2 saturated heterocycles. The van der Waals surface area contributed by atoms with E-state index in [0.29, 0.717) is 28.9 Å². The number of aliphatic carboxylic acids is 1. The highest BCUT2D eigenvalue weighted by Crippen LogP contribution is 2.55. The van der Waals surface area contributed by atoms with Crippen LogP contribution in [0.2, 0.25) is 0 Å². The molecule has 3 fully saturated rings. The number of carboxylic acid groups (broad SMARTS) is 1. The lowest BCUT2D eigenvalue weighted by Gasteiger charge is -2.36. The lowest BCUT2D eigenvalue weighted by atomic mass is 9.77. The van der Waals surface area contributed by atoms with Crippen molar-refractivity contribution in [2.24, 2.45) is 17.3 Å². The third kappa shape index (κ3) is 7.42. The summed E-state index contributed by atoms with van der Waals surface area (Å²) in [6.45, 7) is 6.57. The van der Waals surface area contributed by atoms with E-state index in [1.807, 2.05) is 49.5 Å². The van der Waals surface area contributed by atoms with E-state index in [2.05, 4.69) is 33.4 Å². The highest BCUT2D eigenvalue weighted by molar-refractivity contribution is 5.98. The fourth-order valence-electron chi connectivity index (χ4n) is 8.17. The smallest absolute Gasteiger partial charge is 0.303 e. The number of hydrogen-bond donors (Lipinski definition) is 3. The van der Waals surface area contributed by atoms with Crippen LogP contribution in [0.4, 0.5) is 0 Å². The summed E-state index contributed by atoms with van der Waals surface area (Å²) in [6, 6.07) is 15.6. The summed E-state index contributed by atoms with van der Waals surface area (Å²) in [5.74, 6) is -0.0344. The molecule has 2 atom stereocenters. The van der Waals surface area contributed by atoms with Crippen LogP contribution in [0, 0.1) is 17.3 Å². The number of carboxylic acids is 1. The maximum absolute atomic E-state index is 13.9. The predicted octanol–water partition coefficient (Wildman–Crippen LogP) is 5.23. The Hall–Kier alpha value is -3.82. The Labute approximate surface area is 283 Å². The van der Waals surface area contributed by atoms with Crippen molar-refractivity contribution in [3.8, 4) is 0 Å². The standard InChI is InChI=1S/C39H49N5O4/c1-39(13-14-39)31-7-9-34-30(22-31)21-29-20-28(6-8-33(29)41-34)38(48)42-35(12-17-44-15-10-25(11-16-44)18-36(45)46)26-4-3-5-27(19-26)37(47)40-32-23-43(2)24-32/h3-6,8,19-21,25,31-32,35H,7,9-18,22-24H2,1-2H3,(H,40,47)(H,42,48)(H,45,46)/t31-,35+/m0/s1. The van der Waals surface area contributed by atoms with Crippen LogP contribution in [-0.2, 0) is 17.6 Å². The Balaban J connectivity index is 1.08. The number of hydrogen-bond acceptors (Lipinski definition) is 6. The topological polar surface area (TPSA) is 115 Å². The molecule has 7 rings (SSSR count). The largest absolute Gasteiger partial charge is 0.481 e. The van der Waals surface area contributed by atoms with Gasteiger partial charge in [-0.25, -0.2) is 0 Å². The molecule has 48 heavy (non-hydrogen) atoms.